The molecule has 2 aromatic carbocycles. The van der Waals surface area contributed by atoms with Crippen LogP contribution in [0.1, 0.15) is 5.56 Å². The number of amides is 1. The van der Waals surface area contributed by atoms with Gasteiger partial charge in [-0.1, -0.05) is 23.7 Å². The van der Waals surface area contributed by atoms with Crippen LogP contribution in [0.25, 0.3) is 0 Å². The Kier molecular flexibility index (Phi) is 7.07. The minimum atomic E-state index is -3.55. The van der Waals surface area contributed by atoms with Gasteiger partial charge in [0.25, 0.3) is 5.91 Å². The summed E-state index contributed by atoms with van der Waals surface area (Å²) in [5, 5.41) is 2.74. The molecule has 1 saturated heterocycles. The third kappa shape index (κ3) is 5.66. The molecular formula is C19H20ClFN2O5S. The molecule has 10 heteroatoms. The van der Waals surface area contributed by atoms with Crippen molar-refractivity contribution in [2.75, 3.05) is 32.9 Å². The third-order valence-electron chi connectivity index (χ3n) is 4.27. The smallest absolute Gasteiger partial charge is 0.258 e. The molecule has 0 aliphatic carbocycles. The lowest BCUT2D eigenvalue weighted by molar-refractivity contribution is -0.123. The number of carbonyl (C=O) groups excluding carboxylic acids is 1. The van der Waals surface area contributed by atoms with Crippen LogP contribution in [-0.2, 0) is 26.1 Å². The summed E-state index contributed by atoms with van der Waals surface area (Å²) in [5.74, 6) is -0.679. The van der Waals surface area contributed by atoms with E-state index in [4.69, 9.17) is 21.1 Å². The molecule has 0 radical (unpaired) electrons. The van der Waals surface area contributed by atoms with Gasteiger partial charge in [0.15, 0.2) is 6.61 Å². The average Bonchev–Trinajstić information content (AvgIpc) is 2.72. The first kappa shape index (κ1) is 21.5. The van der Waals surface area contributed by atoms with E-state index in [9.17, 15) is 17.6 Å². The molecule has 1 aliphatic rings. The van der Waals surface area contributed by atoms with Gasteiger partial charge in [0.1, 0.15) is 11.6 Å². The number of morpholine rings is 1. The predicted octanol–water partition coefficient (Wildman–Crippen LogP) is 2.20. The highest BCUT2D eigenvalue weighted by Crippen LogP contribution is 2.24. The van der Waals surface area contributed by atoms with Crippen molar-refractivity contribution in [1.29, 1.82) is 0 Å². The molecule has 0 atom stereocenters. The van der Waals surface area contributed by atoms with Gasteiger partial charge >= 0.3 is 0 Å². The standard InChI is InChI=1S/C19H20ClFN2O5S/c20-17-11-15(21)3-6-18(17)28-13-19(24)22-12-14-1-4-16(5-2-14)29(25,26)23-7-9-27-10-8-23/h1-6,11H,7-10,12-13H2,(H,22,24). The average molecular weight is 443 g/mol. The highest BCUT2D eigenvalue weighted by Gasteiger charge is 2.26. The van der Waals surface area contributed by atoms with E-state index in [-0.39, 0.29) is 28.8 Å². The molecule has 0 saturated carbocycles. The molecule has 1 heterocycles. The van der Waals surface area contributed by atoms with Crippen LogP contribution in [0, 0.1) is 5.82 Å². The van der Waals surface area contributed by atoms with Crippen molar-refractivity contribution in [2.45, 2.75) is 11.4 Å². The minimum absolute atomic E-state index is 0.0786. The second-order valence-corrected chi connectivity index (χ2v) is 8.65. The molecule has 0 spiro atoms. The van der Waals surface area contributed by atoms with E-state index in [0.717, 1.165) is 11.6 Å². The molecule has 3 rings (SSSR count). The van der Waals surface area contributed by atoms with E-state index in [1.165, 1.54) is 28.6 Å². The summed E-state index contributed by atoms with van der Waals surface area (Å²) in [6, 6.07) is 9.95. The van der Waals surface area contributed by atoms with E-state index < -0.39 is 21.7 Å². The van der Waals surface area contributed by atoms with Crippen molar-refractivity contribution < 1.29 is 27.1 Å². The van der Waals surface area contributed by atoms with Gasteiger partial charge in [-0.25, -0.2) is 12.8 Å². The largest absolute Gasteiger partial charge is 0.482 e. The van der Waals surface area contributed by atoms with Gasteiger partial charge in [0, 0.05) is 19.6 Å². The van der Waals surface area contributed by atoms with Crippen molar-refractivity contribution in [3.63, 3.8) is 0 Å². The van der Waals surface area contributed by atoms with Crippen LogP contribution in [0.3, 0.4) is 0 Å². The summed E-state index contributed by atoms with van der Waals surface area (Å²) in [5.41, 5.74) is 0.735. The number of nitrogens with zero attached hydrogens (tertiary/aromatic N) is 1. The highest BCUT2D eigenvalue weighted by atomic mass is 35.5. The fraction of sp³-hybridized carbons (Fsp3) is 0.316. The lowest BCUT2D eigenvalue weighted by Gasteiger charge is -2.26. The number of halogens is 2. The molecular weight excluding hydrogens is 423 g/mol. The lowest BCUT2D eigenvalue weighted by Crippen LogP contribution is -2.40. The van der Waals surface area contributed by atoms with Gasteiger partial charge in [0.2, 0.25) is 10.0 Å². The number of ether oxygens (including phenoxy) is 2. The molecule has 7 nitrogen and oxygen atoms in total. The molecule has 0 unspecified atom stereocenters. The van der Waals surface area contributed by atoms with Crippen LogP contribution < -0.4 is 10.1 Å². The Morgan fingerprint density at radius 3 is 2.52 bits per heavy atom. The van der Waals surface area contributed by atoms with Gasteiger partial charge in [-0.3, -0.25) is 4.79 Å². The monoisotopic (exact) mass is 442 g/mol. The Bertz CT molecular complexity index is 963. The number of sulfonamides is 1. The minimum Gasteiger partial charge on any atom is -0.482 e. The van der Waals surface area contributed by atoms with E-state index >= 15 is 0 Å². The van der Waals surface area contributed by atoms with Crippen molar-refractivity contribution >= 4 is 27.5 Å². The van der Waals surface area contributed by atoms with Crippen LogP contribution in [0.2, 0.25) is 5.02 Å². The maximum absolute atomic E-state index is 13.0. The van der Waals surface area contributed by atoms with Crippen molar-refractivity contribution in [1.82, 2.24) is 9.62 Å². The van der Waals surface area contributed by atoms with Gasteiger partial charge in [0.05, 0.1) is 23.1 Å². The molecule has 156 valence electrons. The van der Waals surface area contributed by atoms with E-state index in [0.29, 0.717) is 26.3 Å². The lowest BCUT2D eigenvalue weighted by atomic mass is 10.2. The van der Waals surface area contributed by atoms with Gasteiger partial charge in [-0.15, -0.1) is 0 Å². The van der Waals surface area contributed by atoms with Crippen LogP contribution in [0.15, 0.2) is 47.4 Å². The first-order valence-electron chi connectivity index (χ1n) is 8.87. The summed E-state index contributed by atoms with van der Waals surface area (Å²) < 4.78 is 50.0. The normalized spacial score (nSPS) is 15.1. The Morgan fingerprint density at radius 2 is 1.86 bits per heavy atom. The van der Waals surface area contributed by atoms with Crippen molar-refractivity contribution in [2.24, 2.45) is 0 Å². The number of nitrogens with one attached hydrogen (secondary N) is 1. The Labute approximate surface area is 173 Å². The van der Waals surface area contributed by atoms with Crippen LogP contribution >= 0.6 is 11.6 Å². The molecule has 1 fully saturated rings. The summed E-state index contributed by atoms with van der Waals surface area (Å²) >= 11 is 5.84. The zero-order chi connectivity index (χ0) is 20.9. The molecule has 1 amide bonds. The van der Waals surface area contributed by atoms with Gasteiger partial charge in [-0.2, -0.15) is 4.31 Å². The first-order chi connectivity index (χ1) is 13.9. The first-order valence-corrected chi connectivity index (χ1v) is 10.7. The van der Waals surface area contributed by atoms with E-state index in [1.54, 1.807) is 12.1 Å². The summed E-state index contributed by atoms with van der Waals surface area (Å²) in [6.45, 7) is 1.35. The SMILES string of the molecule is O=C(COc1ccc(F)cc1Cl)NCc1ccc(S(=O)(=O)N2CCOCC2)cc1. The van der Waals surface area contributed by atoms with E-state index in [1.807, 2.05) is 0 Å². The number of rotatable bonds is 7. The zero-order valence-electron chi connectivity index (χ0n) is 15.4. The van der Waals surface area contributed by atoms with Crippen molar-refractivity contribution in [3.8, 4) is 5.75 Å². The van der Waals surface area contributed by atoms with Gasteiger partial charge in [-0.05, 0) is 35.9 Å². The highest BCUT2D eigenvalue weighted by molar-refractivity contribution is 7.89. The maximum atomic E-state index is 13.0. The third-order valence-corrected chi connectivity index (χ3v) is 6.48. The van der Waals surface area contributed by atoms with Crippen LogP contribution in [-0.4, -0.2) is 51.5 Å². The maximum Gasteiger partial charge on any atom is 0.258 e. The molecule has 1 aliphatic heterocycles. The Balaban J connectivity index is 1.51. The fourth-order valence-corrected chi connectivity index (χ4v) is 4.33. The van der Waals surface area contributed by atoms with Gasteiger partial charge < -0.3 is 14.8 Å². The quantitative estimate of drug-likeness (QED) is 0.710. The summed E-state index contributed by atoms with van der Waals surface area (Å²) in [6.07, 6.45) is 0. The van der Waals surface area contributed by atoms with Crippen LogP contribution in [0.5, 0.6) is 5.75 Å². The molecule has 29 heavy (non-hydrogen) atoms. The molecule has 2 aromatic rings. The Morgan fingerprint density at radius 1 is 1.17 bits per heavy atom. The molecule has 0 bridgehead atoms. The number of benzene rings is 2. The Hall–Kier alpha value is -2.20. The number of hydrogen-bond donors (Lipinski definition) is 1. The van der Waals surface area contributed by atoms with Crippen LogP contribution in [0.4, 0.5) is 4.39 Å². The molecule has 0 aromatic heterocycles. The summed E-state index contributed by atoms with van der Waals surface area (Å²) in [4.78, 5) is 12.1. The number of hydrogen-bond acceptors (Lipinski definition) is 5. The predicted molar refractivity (Wildman–Crippen MR) is 105 cm³/mol. The summed E-state index contributed by atoms with van der Waals surface area (Å²) in [7, 11) is -3.55. The zero-order valence-corrected chi connectivity index (χ0v) is 17.0. The van der Waals surface area contributed by atoms with E-state index in [2.05, 4.69) is 5.32 Å². The topological polar surface area (TPSA) is 84.9 Å². The number of carbonyl (C=O) groups is 1. The second kappa shape index (κ2) is 9.53. The molecule has 1 N–H and O–H groups in total. The second-order valence-electron chi connectivity index (χ2n) is 6.30. The van der Waals surface area contributed by atoms with Crippen molar-refractivity contribution in [3.05, 3.63) is 58.9 Å². The fourth-order valence-electron chi connectivity index (χ4n) is 2.70.